The normalized spacial score (nSPS) is 33.8. The molecule has 13 heavy (non-hydrogen) atoms. The molecule has 1 fully saturated rings. The summed E-state index contributed by atoms with van der Waals surface area (Å²) in [4.78, 5) is 0. The second-order valence-electron chi connectivity index (χ2n) is 3.19. The van der Waals surface area contributed by atoms with Crippen molar-refractivity contribution < 1.29 is 71.4 Å². The molecule has 0 amide bonds. The van der Waals surface area contributed by atoms with Crippen LogP contribution in [0.1, 0.15) is 12.8 Å². The maximum atomic E-state index is 2.38. The fraction of sp³-hybridized carbons (Fsp3) is 0.556. The van der Waals surface area contributed by atoms with Gasteiger partial charge in [-0.25, -0.2) is 0 Å². The second kappa shape index (κ2) is 7.87. The molecule has 3 atom stereocenters. The third-order valence-corrected chi connectivity index (χ3v) is 3.62. The van der Waals surface area contributed by atoms with Gasteiger partial charge in [0.15, 0.2) is 0 Å². The molecule has 3 unspecified atom stereocenters. The minimum absolute atomic E-state index is 0. The van der Waals surface area contributed by atoms with E-state index in [1.807, 2.05) is 0 Å². The fourth-order valence-electron chi connectivity index (χ4n) is 1.96. The van der Waals surface area contributed by atoms with Crippen molar-refractivity contribution in [2.75, 3.05) is 0 Å². The van der Waals surface area contributed by atoms with Crippen LogP contribution in [-0.4, -0.2) is 0 Å². The van der Waals surface area contributed by atoms with Gasteiger partial charge in [0.05, 0.1) is 0 Å². The van der Waals surface area contributed by atoms with Gasteiger partial charge in [-0.2, -0.15) is 0 Å². The molecule has 0 heterocycles. The molecule has 4 heteroatoms. The molecule has 72 valence electrons. The van der Waals surface area contributed by atoms with Crippen LogP contribution in [0.2, 0.25) is 4.22 Å². The molecule has 0 aromatic rings. The molecule has 0 spiro atoms. The van der Waals surface area contributed by atoms with Gasteiger partial charge < -0.3 is 50.9 Å². The summed E-state index contributed by atoms with van der Waals surface area (Å²) >= 11 is 2.37. The monoisotopic (exact) mass is 404 g/mol. The zero-order valence-corrected chi connectivity index (χ0v) is 13.4. The fourth-order valence-corrected chi connectivity index (χ4v) is 2.78. The molecule has 0 N–H and O–H groups in total. The van der Waals surface area contributed by atoms with Crippen molar-refractivity contribution in [2.24, 2.45) is 11.8 Å². The van der Waals surface area contributed by atoms with Crippen LogP contribution in [0.3, 0.4) is 0 Å². The van der Waals surface area contributed by atoms with E-state index in [-0.39, 0.29) is 50.9 Å². The summed E-state index contributed by atoms with van der Waals surface area (Å²) < 4.78 is 0.922. The molecular formula is C9H11Br3Ti. The number of hydrogen-bond donors (Lipinski definition) is 0. The maximum absolute atomic E-state index is 2.38. The number of hydrogen-bond acceptors (Lipinski definition) is 0. The quantitative estimate of drug-likeness (QED) is 0.351. The predicted molar refractivity (Wildman–Crippen MR) is 38.2 cm³/mol. The van der Waals surface area contributed by atoms with Gasteiger partial charge in [-0.15, -0.1) is 0 Å². The summed E-state index contributed by atoms with van der Waals surface area (Å²) in [6.45, 7) is 0. The Bertz CT molecular complexity index is 191. The van der Waals surface area contributed by atoms with Gasteiger partial charge >= 0.3 is 73.6 Å². The van der Waals surface area contributed by atoms with Crippen molar-refractivity contribution in [2.45, 2.75) is 17.1 Å². The van der Waals surface area contributed by atoms with E-state index in [2.05, 4.69) is 44.7 Å². The number of fused-ring (bicyclic) bond motifs is 1. The van der Waals surface area contributed by atoms with Gasteiger partial charge in [0.2, 0.25) is 0 Å². The zero-order chi connectivity index (χ0) is 6.97. The van der Waals surface area contributed by atoms with E-state index in [1.54, 1.807) is 0 Å². The average Bonchev–Trinajstić information content (AvgIpc) is 2.34. The van der Waals surface area contributed by atoms with Crippen LogP contribution in [-0.2, 0) is 20.4 Å². The van der Waals surface area contributed by atoms with E-state index < -0.39 is 0 Å². The van der Waals surface area contributed by atoms with Crippen molar-refractivity contribution in [3.63, 3.8) is 0 Å². The molecule has 0 bridgehead atoms. The van der Waals surface area contributed by atoms with E-state index in [9.17, 15) is 0 Å². The van der Waals surface area contributed by atoms with E-state index in [4.69, 9.17) is 0 Å². The molecule has 2 rings (SSSR count). The first-order valence-electron chi connectivity index (χ1n) is 3.94. The Morgan fingerprint density at radius 1 is 0.923 bits per heavy atom. The first kappa shape index (κ1) is 17.0. The molecular weight excluding hydrogens is 396 g/mol. The van der Waals surface area contributed by atoms with Crippen LogP contribution >= 0.6 is 0 Å². The minimum atomic E-state index is 0. The second-order valence-corrected chi connectivity index (χ2v) is 4.35. The Morgan fingerprint density at radius 2 is 1.54 bits per heavy atom. The Kier molecular flexibility index (Phi) is 10.3. The van der Waals surface area contributed by atoms with Crippen LogP contribution in [0.25, 0.3) is 0 Å². The van der Waals surface area contributed by atoms with E-state index in [1.165, 1.54) is 12.8 Å². The molecule has 1 saturated carbocycles. The van der Waals surface area contributed by atoms with Crippen molar-refractivity contribution in [3.8, 4) is 0 Å². The van der Waals surface area contributed by atoms with E-state index in [0.29, 0.717) is 0 Å². The van der Waals surface area contributed by atoms with E-state index in [0.717, 1.165) is 16.1 Å². The summed E-state index contributed by atoms with van der Waals surface area (Å²) in [5.41, 5.74) is 0. The molecule has 0 saturated heterocycles. The van der Waals surface area contributed by atoms with Gasteiger partial charge in [0.25, 0.3) is 0 Å². The number of rotatable bonds is 0. The van der Waals surface area contributed by atoms with Crippen molar-refractivity contribution in [1.29, 1.82) is 0 Å². The average molecular weight is 407 g/mol. The standard InChI is InChI=1S/C9H11.3BrH.Ti/c1-2-5-9-7-3-6-8(9)4-1;;;;/h1-2,4-6,8-9H,3,7H2;3*1H;/q;;;;+3/p-3. The molecule has 0 aromatic heterocycles. The SMILES string of the molecule is [Br-].[Br-].[Br-].[Ti+3][CH]1CCC2C=CC=CC12. The number of halogens is 3. The van der Waals surface area contributed by atoms with Crippen LogP contribution in [0.4, 0.5) is 0 Å². The summed E-state index contributed by atoms with van der Waals surface area (Å²) in [6.07, 6.45) is 12.0. The van der Waals surface area contributed by atoms with E-state index >= 15 is 0 Å². The Hall–Kier alpha value is 1.63. The third kappa shape index (κ3) is 3.94. The van der Waals surface area contributed by atoms with Crippen molar-refractivity contribution in [1.82, 2.24) is 0 Å². The van der Waals surface area contributed by atoms with Gasteiger partial charge in [-0.3, -0.25) is 0 Å². The van der Waals surface area contributed by atoms with Crippen LogP contribution in [0.15, 0.2) is 24.3 Å². The first-order chi connectivity index (χ1) is 4.88. The summed E-state index contributed by atoms with van der Waals surface area (Å²) in [5.74, 6) is 1.74. The molecule has 0 aliphatic heterocycles. The van der Waals surface area contributed by atoms with Gasteiger partial charge in [0, 0.05) is 0 Å². The predicted octanol–water partition coefficient (Wildman–Crippen LogP) is -6.51. The third-order valence-electron chi connectivity index (χ3n) is 2.57. The van der Waals surface area contributed by atoms with Crippen LogP contribution < -0.4 is 50.9 Å². The van der Waals surface area contributed by atoms with Gasteiger partial charge in [-0.05, 0) is 0 Å². The molecule has 0 radical (unpaired) electrons. The number of allylic oxidation sites excluding steroid dienone is 4. The van der Waals surface area contributed by atoms with Crippen molar-refractivity contribution >= 4 is 0 Å². The molecule has 0 aromatic carbocycles. The molecule has 0 nitrogen and oxygen atoms in total. The summed E-state index contributed by atoms with van der Waals surface area (Å²) in [6, 6.07) is 0. The first-order valence-corrected chi connectivity index (χ1v) is 4.84. The molecule has 2 aliphatic carbocycles. The zero-order valence-electron chi connectivity index (χ0n) is 7.09. The topological polar surface area (TPSA) is 0 Å². The van der Waals surface area contributed by atoms with Crippen LogP contribution in [0.5, 0.6) is 0 Å². The molecule has 2 aliphatic rings. The van der Waals surface area contributed by atoms with Crippen molar-refractivity contribution in [3.05, 3.63) is 24.3 Å². The van der Waals surface area contributed by atoms with Crippen LogP contribution in [0, 0.1) is 11.8 Å². The Morgan fingerprint density at radius 3 is 2.15 bits per heavy atom. The Labute approximate surface area is 123 Å². The Balaban J connectivity index is 0. The summed E-state index contributed by atoms with van der Waals surface area (Å²) in [7, 11) is 0. The van der Waals surface area contributed by atoms with Gasteiger partial charge in [-0.1, -0.05) is 0 Å². The van der Waals surface area contributed by atoms with Gasteiger partial charge in [0.1, 0.15) is 0 Å². The summed E-state index contributed by atoms with van der Waals surface area (Å²) in [5, 5.41) is 0.